The maximum atomic E-state index is 12.4. The zero-order valence-corrected chi connectivity index (χ0v) is 15.3. The number of aromatic nitrogens is 4. The van der Waals surface area contributed by atoms with Crippen LogP contribution in [0.15, 0.2) is 12.7 Å². The first kappa shape index (κ1) is 20.4. The van der Waals surface area contributed by atoms with Crippen LogP contribution in [0.2, 0.25) is 0 Å². The molecule has 1 fully saturated rings. The maximum absolute atomic E-state index is 12.4. The van der Waals surface area contributed by atoms with Gasteiger partial charge < -0.3 is 37.5 Å². The van der Waals surface area contributed by atoms with E-state index in [9.17, 15) is 15.0 Å². The Morgan fingerprint density at radius 3 is 2.86 bits per heavy atom. The fourth-order valence-electron chi connectivity index (χ4n) is 3.27. The van der Waals surface area contributed by atoms with Crippen molar-refractivity contribution in [3.05, 3.63) is 12.7 Å². The lowest BCUT2D eigenvalue weighted by Crippen LogP contribution is -2.53. The number of unbranched alkanes of at least 4 members (excludes halogenated alkanes) is 1. The second-order valence-electron chi connectivity index (χ2n) is 6.75. The van der Waals surface area contributed by atoms with E-state index < -0.39 is 43.0 Å². The molecule has 0 spiro atoms. The van der Waals surface area contributed by atoms with Crippen LogP contribution in [0.5, 0.6) is 0 Å². The SMILES string of the molecule is NCCCCC(N)C(=O)NC1C(CO)OC(n2cnc3c(N)ncnc32)C1O. The molecular weight excluding hydrogens is 368 g/mol. The van der Waals surface area contributed by atoms with Crippen molar-refractivity contribution >= 4 is 22.9 Å². The van der Waals surface area contributed by atoms with Gasteiger partial charge in [-0.2, -0.15) is 0 Å². The second kappa shape index (κ2) is 8.75. The van der Waals surface area contributed by atoms with Crippen molar-refractivity contribution < 1.29 is 19.7 Å². The van der Waals surface area contributed by atoms with Crippen LogP contribution in [-0.2, 0) is 9.53 Å². The number of nitrogen functional groups attached to an aromatic ring is 1. The third-order valence-electron chi connectivity index (χ3n) is 4.83. The van der Waals surface area contributed by atoms with E-state index in [1.165, 1.54) is 17.2 Å². The highest BCUT2D eigenvalue weighted by Gasteiger charge is 2.46. The molecule has 2 aromatic heterocycles. The molecule has 0 radical (unpaired) electrons. The van der Waals surface area contributed by atoms with Crippen molar-refractivity contribution in [3.63, 3.8) is 0 Å². The molecule has 28 heavy (non-hydrogen) atoms. The fourth-order valence-corrected chi connectivity index (χ4v) is 3.27. The van der Waals surface area contributed by atoms with Gasteiger partial charge in [-0.15, -0.1) is 0 Å². The predicted molar refractivity (Wildman–Crippen MR) is 99.5 cm³/mol. The Labute approximate surface area is 161 Å². The van der Waals surface area contributed by atoms with Crippen molar-refractivity contribution in [1.82, 2.24) is 24.8 Å². The van der Waals surface area contributed by atoms with E-state index in [1.54, 1.807) is 0 Å². The van der Waals surface area contributed by atoms with Crippen LogP contribution in [0.1, 0.15) is 25.5 Å². The molecule has 0 aromatic carbocycles. The second-order valence-corrected chi connectivity index (χ2v) is 6.75. The molecule has 5 unspecified atom stereocenters. The molecule has 0 aliphatic carbocycles. The van der Waals surface area contributed by atoms with E-state index in [1.807, 2.05) is 0 Å². The van der Waals surface area contributed by atoms with Crippen molar-refractivity contribution in [1.29, 1.82) is 0 Å². The Morgan fingerprint density at radius 2 is 2.14 bits per heavy atom. The number of anilines is 1. The Bertz CT molecular complexity index is 815. The van der Waals surface area contributed by atoms with E-state index in [0.29, 0.717) is 24.1 Å². The molecule has 2 aromatic rings. The Morgan fingerprint density at radius 1 is 1.36 bits per heavy atom. The summed E-state index contributed by atoms with van der Waals surface area (Å²) in [4.78, 5) is 24.5. The van der Waals surface area contributed by atoms with Crippen LogP contribution in [-0.4, -0.2) is 73.1 Å². The summed E-state index contributed by atoms with van der Waals surface area (Å²) < 4.78 is 7.25. The summed E-state index contributed by atoms with van der Waals surface area (Å²) in [6.07, 6.45) is 1.76. The van der Waals surface area contributed by atoms with Crippen LogP contribution < -0.4 is 22.5 Å². The summed E-state index contributed by atoms with van der Waals surface area (Å²) in [6.45, 7) is 0.134. The quantitative estimate of drug-likeness (QED) is 0.262. The van der Waals surface area contributed by atoms with Gasteiger partial charge in [-0.05, 0) is 19.4 Å². The average molecular weight is 394 g/mol. The van der Waals surface area contributed by atoms with Gasteiger partial charge in [-0.3, -0.25) is 9.36 Å². The molecule has 12 nitrogen and oxygen atoms in total. The van der Waals surface area contributed by atoms with Gasteiger partial charge in [0.15, 0.2) is 17.7 Å². The minimum atomic E-state index is -1.16. The molecule has 3 rings (SSSR count). The van der Waals surface area contributed by atoms with E-state index in [2.05, 4.69) is 20.3 Å². The number of ether oxygens (including phenoxy) is 1. The van der Waals surface area contributed by atoms with Crippen molar-refractivity contribution in [2.24, 2.45) is 11.5 Å². The molecule has 12 heteroatoms. The number of nitrogens with two attached hydrogens (primary N) is 3. The number of rotatable bonds is 8. The molecule has 0 bridgehead atoms. The molecule has 154 valence electrons. The minimum Gasteiger partial charge on any atom is -0.394 e. The van der Waals surface area contributed by atoms with Gasteiger partial charge in [-0.1, -0.05) is 6.42 Å². The van der Waals surface area contributed by atoms with E-state index >= 15 is 0 Å². The van der Waals surface area contributed by atoms with Gasteiger partial charge in [-0.25, -0.2) is 15.0 Å². The van der Waals surface area contributed by atoms with Crippen LogP contribution in [0.4, 0.5) is 5.82 Å². The van der Waals surface area contributed by atoms with Crippen LogP contribution in [0, 0.1) is 0 Å². The van der Waals surface area contributed by atoms with E-state index in [-0.39, 0.29) is 5.82 Å². The molecule has 1 aliphatic rings. The van der Waals surface area contributed by atoms with Crippen molar-refractivity contribution in [3.8, 4) is 0 Å². The monoisotopic (exact) mass is 394 g/mol. The zero-order valence-electron chi connectivity index (χ0n) is 15.3. The number of aliphatic hydroxyl groups is 2. The number of aliphatic hydroxyl groups excluding tert-OH is 2. The number of nitrogens with one attached hydrogen (secondary N) is 1. The lowest BCUT2D eigenvalue weighted by atomic mass is 10.0. The molecule has 1 amide bonds. The highest BCUT2D eigenvalue weighted by molar-refractivity contribution is 5.82. The number of hydrogen-bond donors (Lipinski definition) is 6. The summed E-state index contributed by atoms with van der Waals surface area (Å²) >= 11 is 0. The summed E-state index contributed by atoms with van der Waals surface area (Å²) in [6, 6.07) is -1.58. The number of carbonyl (C=O) groups excluding carboxylic acids is 1. The highest BCUT2D eigenvalue weighted by Crippen LogP contribution is 2.31. The van der Waals surface area contributed by atoms with Gasteiger partial charge in [0.1, 0.15) is 24.1 Å². The summed E-state index contributed by atoms with van der Waals surface area (Å²) in [5.41, 5.74) is 17.9. The molecule has 1 aliphatic heterocycles. The lowest BCUT2D eigenvalue weighted by Gasteiger charge is -2.22. The van der Waals surface area contributed by atoms with Gasteiger partial charge >= 0.3 is 0 Å². The van der Waals surface area contributed by atoms with Crippen LogP contribution >= 0.6 is 0 Å². The number of amides is 1. The number of imidazole rings is 1. The first-order valence-electron chi connectivity index (χ1n) is 9.11. The number of carbonyl (C=O) groups is 1. The average Bonchev–Trinajstić information content (AvgIpc) is 3.24. The molecule has 0 saturated carbocycles. The van der Waals surface area contributed by atoms with Gasteiger partial charge in [0.25, 0.3) is 0 Å². The maximum Gasteiger partial charge on any atom is 0.237 e. The van der Waals surface area contributed by atoms with Gasteiger partial charge in [0.2, 0.25) is 5.91 Å². The zero-order chi connectivity index (χ0) is 20.3. The largest absolute Gasteiger partial charge is 0.394 e. The standard InChI is InChI=1S/C16H26N8O4/c17-4-2-1-3-8(18)15(27)23-10-9(5-25)28-16(12(10)26)24-7-22-11-13(19)20-6-21-14(11)24/h6-10,12,16,25-26H,1-5,17-18H2,(H,23,27)(H2,19,20,21). The number of nitrogens with zero attached hydrogens (tertiary/aromatic N) is 4. The van der Waals surface area contributed by atoms with Crippen molar-refractivity contribution in [2.75, 3.05) is 18.9 Å². The Kier molecular flexibility index (Phi) is 6.36. The smallest absolute Gasteiger partial charge is 0.237 e. The summed E-state index contributed by atoms with van der Waals surface area (Å²) in [5, 5.41) is 23.1. The lowest BCUT2D eigenvalue weighted by molar-refractivity contribution is -0.124. The van der Waals surface area contributed by atoms with Crippen LogP contribution in [0.3, 0.4) is 0 Å². The molecule has 1 saturated heterocycles. The summed E-state index contributed by atoms with van der Waals surface area (Å²) in [5.74, 6) is -0.228. The molecule has 9 N–H and O–H groups in total. The first-order valence-corrected chi connectivity index (χ1v) is 9.11. The Hall–Kier alpha value is -2.38. The fraction of sp³-hybridized carbons (Fsp3) is 0.625. The molecule has 5 atom stereocenters. The third kappa shape index (κ3) is 3.91. The van der Waals surface area contributed by atoms with Crippen molar-refractivity contribution in [2.45, 2.75) is 49.8 Å². The first-order chi connectivity index (χ1) is 13.5. The predicted octanol–water partition coefficient (Wildman–Crippen LogP) is -2.40. The molecule has 3 heterocycles. The van der Waals surface area contributed by atoms with Gasteiger partial charge in [0.05, 0.1) is 25.0 Å². The number of hydrogen-bond acceptors (Lipinski definition) is 10. The third-order valence-corrected chi connectivity index (χ3v) is 4.83. The Balaban J connectivity index is 1.75. The molecular formula is C16H26N8O4. The van der Waals surface area contributed by atoms with Crippen LogP contribution in [0.25, 0.3) is 11.2 Å². The highest BCUT2D eigenvalue weighted by atomic mass is 16.5. The number of fused-ring (bicyclic) bond motifs is 1. The topological polar surface area (TPSA) is 200 Å². The minimum absolute atomic E-state index is 0.197. The normalized spacial score (nSPS) is 25.9. The van der Waals surface area contributed by atoms with Gasteiger partial charge in [0, 0.05) is 0 Å². The van der Waals surface area contributed by atoms with E-state index in [0.717, 1.165) is 12.8 Å². The van der Waals surface area contributed by atoms with E-state index in [4.69, 9.17) is 21.9 Å². The summed E-state index contributed by atoms with van der Waals surface area (Å²) in [7, 11) is 0.